The summed E-state index contributed by atoms with van der Waals surface area (Å²) in [5.41, 5.74) is 1.90. The third-order valence-corrected chi connectivity index (χ3v) is 9.22. The highest BCUT2D eigenvalue weighted by Crippen LogP contribution is 2.55. The number of nitrogens with zero attached hydrogens (tertiary/aromatic N) is 1. The second-order valence-corrected chi connectivity index (χ2v) is 11.2. The Kier molecular flexibility index (Phi) is 5.48. The van der Waals surface area contributed by atoms with Crippen LogP contribution >= 0.6 is 11.6 Å². The van der Waals surface area contributed by atoms with Crippen LogP contribution in [0.4, 0.5) is 4.39 Å². The van der Waals surface area contributed by atoms with Crippen molar-refractivity contribution in [3.05, 3.63) is 41.8 Å². The largest absolute Gasteiger partial charge is 0.353 e. The minimum absolute atomic E-state index is 0.0356. The van der Waals surface area contributed by atoms with E-state index < -0.39 is 0 Å². The van der Waals surface area contributed by atoms with Crippen LogP contribution in [0.15, 0.2) is 30.5 Å². The van der Waals surface area contributed by atoms with E-state index in [9.17, 15) is 9.18 Å². The fourth-order valence-corrected chi connectivity index (χ4v) is 6.67. The Morgan fingerprint density at radius 1 is 1.10 bits per heavy atom. The maximum Gasteiger partial charge on any atom is 0.226 e. The van der Waals surface area contributed by atoms with Gasteiger partial charge in [-0.15, -0.1) is 11.6 Å². The lowest BCUT2D eigenvalue weighted by Gasteiger charge is -2.50. The van der Waals surface area contributed by atoms with Gasteiger partial charge in [0.25, 0.3) is 0 Å². The van der Waals surface area contributed by atoms with Gasteiger partial charge in [-0.3, -0.25) is 9.78 Å². The number of carbonyl (C=O) groups is 1. The van der Waals surface area contributed by atoms with Gasteiger partial charge < -0.3 is 5.32 Å². The zero-order valence-corrected chi connectivity index (χ0v) is 19.1. The number of benzene rings is 1. The summed E-state index contributed by atoms with van der Waals surface area (Å²) in [6, 6.07) is 7.11. The van der Waals surface area contributed by atoms with Gasteiger partial charge in [-0.2, -0.15) is 0 Å². The van der Waals surface area contributed by atoms with Crippen LogP contribution in [0.25, 0.3) is 10.9 Å². The molecule has 0 spiro atoms. The molecule has 4 saturated carbocycles. The molecule has 0 radical (unpaired) electrons. The molecule has 0 unspecified atom stereocenters. The van der Waals surface area contributed by atoms with Gasteiger partial charge in [0.1, 0.15) is 5.82 Å². The van der Waals surface area contributed by atoms with E-state index in [1.54, 1.807) is 12.1 Å². The maximum absolute atomic E-state index is 13.8. The normalized spacial score (nSPS) is 33.9. The average molecular weight is 443 g/mol. The average Bonchev–Trinajstić information content (AvgIpc) is 2.79. The van der Waals surface area contributed by atoms with Crippen LogP contribution in [0.3, 0.4) is 0 Å². The number of alkyl halides is 1. The highest BCUT2D eigenvalue weighted by atomic mass is 35.5. The van der Waals surface area contributed by atoms with Crippen LogP contribution in [0.2, 0.25) is 0 Å². The summed E-state index contributed by atoms with van der Waals surface area (Å²) in [6.45, 7) is 2.17. The van der Waals surface area contributed by atoms with Crippen LogP contribution in [0.5, 0.6) is 0 Å². The van der Waals surface area contributed by atoms with E-state index >= 15 is 0 Å². The molecular weight excluding hydrogens is 411 g/mol. The van der Waals surface area contributed by atoms with Gasteiger partial charge in [-0.25, -0.2) is 4.39 Å². The van der Waals surface area contributed by atoms with E-state index in [1.165, 1.54) is 11.6 Å². The zero-order chi connectivity index (χ0) is 21.6. The molecule has 2 bridgehead atoms. The molecule has 4 fully saturated rings. The van der Waals surface area contributed by atoms with E-state index in [2.05, 4.69) is 23.3 Å². The van der Waals surface area contributed by atoms with E-state index in [0.717, 1.165) is 75.1 Å². The molecule has 31 heavy (non-hydrogen) atoms. The van der Waals surface area contributed by atoms with Crippen molar-refractivity contribution < 1.29 is 9.18 Å². The molecule has 0 saturated heterocycles. The fourth-order valence-electron chi connectivity index (χ4n) is 6.38. The minimum atomic E-state index is -0.206. The molecule has 2 aromatic rings. The van der Waals surface area contributed by atoms with Gasteiger partial charge in [0.05, 0.1) is 5.52 Å². The van der Waals surface area contributed by atoms with Crippen LogP contribution in [-0.4, -0.2) is 21.8 Å². The Bertz CT molecular complexity index is 960. The molecule has 1 aromatic carbocycles. The lowest BCUT2D eigenvalue weighted by Crippen LogP contribution is -2.53. The van der Waals surface area contributed by atoms with E-state index in [4.69, 9.17) is 11.6 Å². The van der Waals surface area contributed by atoms with Gasteiger partial charge in [0.2, 0.25) is 5.91 Å². The van der Waals surface area contributed by atoms with Gasteiger partial charge >= 0.3 is 0 Å². The summed E-state index contributed by atoms with van der Waals surface area (Å²) in [6.07, 6.45) is 11.9. The predicted molar refractivity (Wildman–Crippen MR) is 123 cm³/mol. The highest BCUT2D eigenvalue weighted by Gasteiger charge is 2.51. The first-order valence-corrected chi connectivity index (χ1v) is 12.3. The van der Waals surface area contributed by atoms with E-state index in [0.29, 0.717) is 11.8 Å². The molecule has 5 heteroatoms. The highest BCUT2D eigenvalue weighted by molar-refractivity contribution is 6.24. The number of halogens is 2. The standard InChI is InChI=1S/C26H32ClFN2O/c1-17(30-24(31)25-9-12-26(27,13-10-25)14-11-25)18-2-4-19(5-3-18)21-8-15-29-23-7-6-20(28)16-22(21)23/h6-8,15-19H,2-5,9-14H2,1H3,(H,30,31)/t17-,18-,19+,25?,26?/m1/s1. The van der Waals surface area contributed by atoms with E-state index in [-0.39, 0.29) is 28.1 Å². The van der Waals surface area contributed by atoms with Crippen molar-refractivity contribution in [2.45, 2.75) is 88.0 Å². The number of aromatic nitrogens is 1. The van der Waals surface area contributed by atoms with Gasteiger partial charge in [0, 0.05) is 27.9 Å². The topological polar surface area (TPSA) is 42.0 Å². The number of hydrogen-bond donors (Lipinski definition) is 1. The number of rotatable bonds is 4. The Labute approximate surface area is 189 Å². The predicted octanol–water partition coefficient (Wildman–Crippen LogP) is 6.48. The summed E-state index contributed by atoms with van der Waals surface area (Å²) in [7, 11) is 0. The second-order valence-electron chi connectivity index (χ2n) is 10.4. The summed E-state index contributed by atoms with van der Waals surface area (Å²) >= 11 is 6.64. The molecule has 1 N–H and O–H groups in total. The first kappa shape index (κ1) is 21.2. The number of pyridine rings is 1. The van der Waals surface area contributed by atoms with Gasteiger partial charge in [-0.05, 0) is 113 Å². The molecule has 0 aliphatic heterocycles. The minimum Gasteiger partial charge on any atom is -0.353 e. The van der Waals surface area contributed by atoms with Crippen LogP contribution < -0.4 is 5.32 Å². The third kappa shape index (κ3) is 3.97. The Balaban J connectivity index is 1.21. The molecule has 4 aliphatic rings. The first-order chi connectivity index (χ1) is 14.9. The van der Waals surface area contributed by atoms with Crippen molar-refractivity contribution in [3.8, 4) is 0 Å². The Morgan fingerprint density at radius 2 is 1.77 bits per heavy atom. The number of hydrogen-bond acceptors (Lipinski definition) is 2. The Hall–Kier alpha value is -1.68. The van der Waals surface area contributed by atoms with Crippen molar-refractivity contribution >= 4 is 28.4 Å². The number of amides is 1. The molecule has 1 atom stereocenters. The van der Waals surface area contributed by atoms with Gasteiger partial charge in [0.15, 0.2) is 0 Å². The lowest BCUT2D eigenvalue weighted by atomic mass is 9.59. The van der Waals surface area contributed by atoms with Crippen LogP contribution in [0, 0.1) is 17.2 Å². The van der Waals surface area contributed by atoms with Crippen molar-refractivity contribution in [1.29, 1.82) is 0 Å². The monoisotopic (exact) mass is 442 g/mol. The first-order valence-electron chi connectivity index (χ1n) is 11.9. The van der Waals surface area contributed by atoms with Gasteiger partial charge in [-0.1, -0.05) is 0 Å². The third-order valence-electron chi connectivity index (χ3n) is 8.65. The van der Waals surface area contributed by atoms with Crippen LogP contribution in [0.1, 0.15) is 82.6 Å². The van der Waals surface area contributed by atoms with Crippen molar-refractivity contribution in [2.75, 3.05) is 0 Å². The molecule has 1 amide bonds. The van der Waals surface area contributed by atoms with Crippen LogP contribution in [-0.2, 0) is 4.79 Å². The quantitative estimate of drug-likeness (QED) is 0.550. The molecule has 6 rings (SSSR count). The summed E-state index contributed by atoms with van der Waals surface area (Å²) in [5.74, 6) is 0.985. The molecule has 1 heterocycles. The molecule has 1 aromatic heterocycles. The molecule has 4 aliphatic carbocycles. The maximum atomic E-state index is 13.8. The number of nitrogens with one attached hydrogen (secondary N) is 1. The Morgan fingerprint density at radius 3 is 2.45 bits per heavy atom. The SMILES string of the molecule is C[C@@H](NC(=O)C12CCC(Cl)(CC1)CC2)[C@H]1CC[C@@H](c2ccnc3ccc(F)cc32)CC1. The number of carbonyl (C=O) groups excluding carboxylic acids is 1. The summed E-state index contributed by atoms with van der Waals surface area (Å²) < 4.78 is 13.8. The molecular formula is C26H32ClFN2O. The summed E-state index contributed by atoms with van der Waals surface area (Å²) in [4.78, 5) is 17.6. The molecule has 166 valence electrons. The fraction of sp³-hybridized carbons (Fsp3) is 0.615. The second kappa shape index (κ2) is 8.03. The number of fused-ring (bicyclic) bond motifs is 4. The summed E-state index contributed by atoms with van der Waals surface area (Å²) in [5, 5.41) is 4.34. The van der Waals surface area contributed by atoms with Crippen molar-refractivity contribution in [2.24, 2.45) is 11.3 Å². The smallest absolute Gasteiger partial charge is 0.226 e. The van der Waals surface area contributed by atoms with Crippen molar-refractivity contribution in [1.82, 2.24) is 10.3 Å². The zero-order valence-electron chi connectivity index (χ0n) is 18.3. The van der Waals surface area contributed by atoms with Crippen molar-refractivity contribution in [3.63, 3.8) is 0 Å². The lowest BCUT2D eigenvalue weighted by molar-refractivity contribution is -0.137. The molecule has 3 nitrogen and oxygen atoms in total. The van der Waals surface area contributed by atoms with E-state index in [1.807, 2.05) is 6.20 Å².